The zero-order valence-electron chi connectivity index (χ0n) is 14.7. The van der Waals surface area contributed by atoms with Gasteiger partial charge in [-0.3, -0.25) is 4.79 Å². The maximum Gasteiger partial charge on any atom is 0.254 e. The quantitative estimate of drug-likeness (QED) is 0.729. The van der Waals surface area contributed by atoms with Crippen LogP contribution in [0.2, 0.25) is 0 Å². The average Bonchev–Trinajstić information content (AvgIpc) is 3.18. The van der Waals surface area contributed by atoms with Crippen molar-refractivity contribution in [1.29, 1.82) is 0 Å². The molecule has 0 radical (unpaired) electrons. The molecule has 0 aliphatic carbocycles. The molecular weight excluding hydrogens is 326 g/mol. The molecule has 1 aromatic heterocycles. The number of morpholine rings is 1. The summed E-state index contributed by atoms with van der Waals surface area (Å²) in [6.07, 6.45) is 1.78. The van der Waals surface area contributed by atoms with Gasteiger partial charge >= 0.3 is 0 Å². The SMILES string of the molecule is C[C@H]1COCCN1C(=O)c1cccc(-n2nccc2-c2ccccc2)c1. The molecule has 1 saturated heterocycles. The minimum absolute atomic E-state index is 0.0380. The number of carbonyl (C=O) groups is 1. The van der Waals surface area contributed by atoms with Gasteiger partial charge in [0.1, 0.15) is 0 Å². The van der Waals surface area contributed by atoms with Gasteiger partial charge < -0.3 is 9.64 Å². The van der Waals surface area contributed by atoms with Gasteiger partial charge in [-0.25, -0.2) is 4.68 Å². The molecule has 26 heavy (non-hydrogen) atoms. The number of hydrogen-bond acceptors (Lipinski definition) is 3. The van der Waals surface area contributed by atoms with Crippen LogP contribution in [-0.4, -0.2) is 46.4 Å². The minimum atomic E-state index is 0.0380. The van der Waals surface area contributed by atoms with E-state index in [0.29, 0.717) is 25.3 Å². The lowest BCUT2D eigenvalue weighted by Gasteiger charge is -2.33. The molecule has 0 spiro atoms. The summed E-state index contributed by atoms with van der Waals surface area (Å²) in [5.74, 6) is 0.0380. The number of nitrogens with zero attached hydrogens (tertiary/aromatic N) is 3. The number of aromatic nitrogens is 2. The van der Waals surface area contributed by atoms with Gasteiger partial charge in [0.2, 0.25) is 0 Å². The van der Waals surface area contributed by atoms with Crippen molar-refractivity contribution in [2.45, 2.75) is 13.0 Å². The monoisotopic (exact) mass is 347 g/mol. The summed E-state index contributed by atoms with van der Waals surface area (Å²) in [5, 5.41) is 4.46. The second-order valence-corrected chi connectivity index (χ2v) is 6.47. The van der Waals surface area contributed by atoms with Crippen molar-refractivity contribution in [2.75, 3.05) is 19.8 Å². The van der Waals surface area contributed by atoms with Crippen LogP contribution in [-0.2, 0) is 4.74 Å². The average molecular weight is 347 g/mol. The Morgan fingerprint density at radius 2 is 1.96 bits per heavy atom. The second kappa shape index (κ2) is 7.14. The summed E-state index contributed by atoms with van der Waals surface area (Å²) in [4.78, 5) is 14.8. The van der Waals surface area contributed by atoms with Gasteiger partial charge in [-0.05, 0) is 31.2 Å². The standard InChI is InChI=1S/C21H21N3O2/c1-16-15-26-13-12-23(16)21(25)18-8-5-9-19(14-18)24-20(10-11-22-24)17-6-3-2-4-7-17/h2-11,14,16H,12-13,15H2,1H3/t16-/m0/s1. The number of carbonyl (C=O) groups excluding carboxylic acids is 1. The van der Waals surface area contributed by atoms with Crippen LogP contribution in [0, 0.1) is 0 Å². The summed E-state index contributed by atoms with van der Waals surface area (Å²) in [6, 6.07) is 19.8. The van der Waals surface area contributed by atoms with Crippen molar-refractivity contribution in [2.24, 2.45) is 0 Å². The van der Waals surface area contributed by atoms with Gasteiger partial charge in [0.25, 0.3) is 5.91 Å². The Labute approximate surface area is 152 Å². The van der Waals surface area contributed by atoms with Crippen LogP contribution in [0.25, 0.3) is 16.9 Å². The van der Waals surface area contributed by atoms with Crippen LogP contribution in [0.3, 0.4) is 0 Å². The molecule has 2 heterocycles. The first-order valence-electron chi connectivity index (χ1n) is 8.82. The van der Waals surface area contributed by atoms with Crippen LogP contribution < -0.4 is 0 Å². The van der Waals surface area contributed by atoms with Gasteiger partial charge in [-0.1, -0.05) is 36.4 Å². The third kappa shape index (κ3) is 3.13. The number of hydrogen-bond donors (Lipinski definition) is 0. The van der Waals surface area contributed by atoms with E-state index >= 15 is 0 Å². The molecule has 1 amide bonds. The molecule has 0 saturated carbocycles. The van der Waals surface area contributed by atoms with Crippen LogP contribution in [0.5, 0.6) is 0 Å². The lowest BCUT2D eigenvalue weighted by molar-refractivity contribution is 0.00359. The molecule has 132 valence electrons. The van der Waals surface area contributed by atoms with E-state index in [1.807, 2.05) is 65.0 Å². The fraction of sp³-hybridized carbons (Fsp3) is 0.238. The Balaban J connectivity index is 1.67. The first kappa shape index (κ1) is 16.5. The van der Waals surface area contributed by atoms with Crippen molar-refractivity contribution in [3.63, 3.8) is 0 Å². The number of benzene rings is 2. The third-order valence-corrected chi connectivity index (χ3v) is 4.68. The number of rotatable bonds is 3. The van der Waals surface area contributed by atoms with E-state index in [1.54, 1.807) is 6.20 Å². The van der Waals surface area contributed by atoms with Crippen LogP contribution in [0.4, 0.5) is 0 Å². The predicted molar refractivity (Wildman–Crippen MR) is 100 cm³/mol. The molecule has 1 atom stereocenters. The van der Waals surface area contributed by atoms with E-state index in [0.717, 1.165) is 16.9 Å². The van der Waals surface area contributed by atoms with Crippen LogP contribution >= 0.6 is 0 Å². The van der Waals surface area contributed by atoms with E-state index in [9.17, 15) is 4.79 Å². The third-order valence-electron chi connectivity index (χ3n) is 4.68. The smallest absolute Gasteiger partial charge is 0.254 e. The van der Waals surface area contributed by atoms with Crippen molar-refractivity contribution in [3.05, 3.63) is 72.4 Å². The van der Waals surface area contributed by atoms with E-state index in [4.69, 9.17) is 4.74 Å². The van der Waals surface area contributed by atoms with Gasteiger partial charge in [0.05, 0.1) is 36.8 Å². The Bertz CT molecular complexity index is 904. The summed E-state index contributed by atoms with van der Waals surface area (Å²) < 4.78 is 7.31. The highest BCUT2D eigenvalue weighted by atomic mass is 16.5. The largest absolute Gasteiger partial charge is 0.377 e. The first-order valence-corrected chi connectivity index (χ1v) is 8.82. The van der Waals surface area contributed by atoms with E-state index in [-0.39, 0.29) is 11.9 Å². The van der Waals surface area contributed by atoms with E-state index in [2.05, 4.69) is 17.2 Å². The molecule has 1 fully saturated rings. The molecule has 3 aromatic rings. The highest BCUT2D eigenvalue weighted by Gasteiger charge is 2.25. The Morgan fingerprint density at radius 3 is 2.77 bits per heavy atom. The van der Waals surface area contributed by atoms with Crippen molar-refractivity contribution in [3.8, 4) is 16.9 Å². The van der Waals surface area contributed by atoms with Crippen LogP contribution in [0.15, 0.2) is 66.9 Å². The second-order valence-electron chi connectivity index (χ2n) is 6.47. The Kier molecular flexibility index (Phi) is 4.54. The van der Waals surface area contributed by atoms with Gasteiger partial charge in [0, 0.05) is 17.7 Å². The van der Waals surface area contributed by atoms with Crippen molar-refractivity contribution < 1.29 is 9.53 Å². The molecule has 5 heteroatoms. The molecule has 0 unspecified atom stereocenters. The fourth-order valence-corrected chi connectivity index (χ4v) is 3.30. The number of ether oxygens (including phenoxy) is 1. The van der Waals surface area contributed by atoms with Crippen LogP contribution in [0.1, 0.15) is 17.3 Å². The highest BCUT2D eigenvalue weighted by molar-refractivity contribution is 5.95. The first-order chi connectivity index (χ1) is 12.7. The summed E-state index contributed by atoms with van der Waals surface area (Å²) in [5.41, 5.74) is 3.63. The zero-order valence-corrected chi connectivity index (χ0v) is 14.7. The summed E-state index contributed by atoms with van der Waals surface area (Å²) in [6.45, 7) is 3.82. The summed E-state index contributed by atoms with van der Waals surface area (Å²) >= 11 is 0. The molecule has 4 rings (SSSR count). The molecule has 0 N–H and O–H groups in total. The normalized spacial score (nSPS) is 17.3. The molecule has 5 nitrogen and oxygen atoms in total. The molecule has 2 aromatic carbocycles. The summed E-state index contributed by atoms with van der Waals surface area (Å²) in [7, 11) is 0. The lowest BCUT2D eigenvalue weighted by Crippen LogP contribution is -2.47. The van der Waals surface area contributed by atoms with Crippen molar-refractivity contribution in [1.82, 2.24) is 14.7 Å². The van der Waals surface area contributed by atoms with Gasteiger partial charge in [-0.2, -0.15) is 5.10 Å². The number of amides is 1. The van der Waals surface area contributed by atoms with Crippen molar-refractivity contribution >= 4 is 5.91 Å². The van der Waals surface area contributed by atoms with Gasteiger partial charge in [0.15, 0.2) is 0 Å². The Morgan fingerprint density at radius 1 is 1.12 bits per heavy atom. The zero-order chi connectivity index (χ0) is 17.9. The molecule has 0 bridgehead atoms. The lowest BCUT2D eigenvalue weighted by atomic mass is 10.1. The minimum Gasteiger partial charge on any atom is -0.377 e. The predicted octanol–water partition coefficient (Wildman–Crippen LogP) is 3.40. The molecule has 1 aliphatic rings. The fourth-order valence-electron chi connectivity index (χ4n) is 3.30. The molecular formula is C21H21N3O2. The van der Waals surface area contributed by atoms with E-state index in [1.165, 1.54) is 0 Å². The molecule has 1 aliphatic heterocycles. The van der Waals surface area contributed by atoms with Gasteiger partial charge in [-0.15, -0.1) is 0 Å². The Hall–Kier alpha value is -2.92. The van der Waals surface area contributed by atoms with E-state index < -0.39 is 0 Å². The highest BCUT2D eigenvalue weighted by Crippen LogP contribution is 2.23. The maximum atomic E-state index is 12.9. The topological polar surface area (TPSA) is 47.4 Å². The maximum absolute atomic E-state index is 12.9.